The molecule has 0 spiro atoms. The number of nitrogens with two attached hydrogens (primary N) is 1. The number of rotatable bonds is 3. The summed E-state index contributed by atoms with van der Waals surface area (Å²) in [6.45, 7) is 4.46. The van der Waals surface area contributed by atoms with Gasteiger partial charge in [0.15, 0.2) is 0 Å². The van der Waals surface area contributed by atoms with Crippen molar-refractivity contribution < 1.29 is 24.3 Å². The average molecular weight is 276 g/mol. The van der Waals surface area contributed by atoms with Gasteiger partial charge in [0.05, 0.1) is 0 Å². The Balaban J connectivity index is -0.0000000851. The number of hydrogen-bond acceptors (Lipinski definition) is 6. The molecule has 0 bridgehead atoms. The number of amides is 3. The molecule has 9 nitrogen and oxygen atoms in total. The van der Waals surface area contributed by atoms with E-state index in [1.165, 1.54) is 31.0 Å². The summed E-state index contributed by atoms with van der Waals surface area (Å²) in [6.07, 6.45) is 5.60. The van der Waals surface area contributed by atoms with Crippen molar-refractivity contribution in [3.05, 3.63) is 0 Å². The molecule has 0 unspecified atom stereocenters. The zero-order valence-corrected chi connectivity index (χ0v) is 11.0. The van der Waals surface area contributed by atoms with Crippen molar-refractivity contribution in [2.24, 2.45) is 5.73 Å². The molecule has 0 aromatic carbocycles. The van der Waals surface area contributed by atoms with E-state index in [1.54, 1.807) is 0 Å². The minimum Gasteiger partial charge on any atom is -0.465 e. The van der Waals surface area contributed by atoms with Crippen molar-refractivity contribution in [3.63, 3.8) is 0 Å². The van der Waals surface area contributed by atoms with Crippen LogP contribution in [0.5, 0.6) is 0 Å². The van der Waals surface area contributed by atoms with Gasteiger partial charge in [0.2, 0.25) is 12.2 Å². The van der Waals surface area contributed by atoms with Crippen molar-refractivity contribution in [3.8, 4) is 0 Å². The van der Waals surface area contributed by atoms with Gasteiger partial charge in [-0.1, -0.05) is 39.5 Å². The van der Waals surface area contributed by atoms with Gasteiger partial charge in [-0.25, -0.2) is 35.3 Å². The monoisotopic (exact) mass is 276 g/mol. The Hall–Kier alpha value is -2.50. The molecule has 0 aromatic rings. The van der Waals surface area contributed by atoms with Gasteiger partial charge >= 0.3 is 12.1 Å². The molecule has 0 atom stereocenters. The molecule has 0 aliphatic heterocycles. The van der Waals surface area contributed by atoms with E-state index in [2.05, 4.69) is 19.6 Å². The first-order valence-electron chi connectivity index (χ1n) is 5.24. The third kappa shape index (κ3) is 140. The maximum atomic E-state index is 9.54. The molecule has 0 rings (SSSR count). The van der Waals surface area contributed by atoms with Gasteiger partial charge in [-0.05, 0) is 0 Å². The summed E-state index contributed by atoms with van der Waals surface area (Å²) in [5.41, 5.74) is 4.36. The second-order valence-electron chi connectivity index (χ2n) is 2.71. The molecule has 9 heteroatoms. The number of urea groups is 1. The zero-order chi connectivity index (χ0) is 16.1. The zero-order valence-electron chi connectivity index (χ0n) is 11.0. The molecule has 0 fully saturated rings. The van der Waals surface area contributed by atoms with Gasteiger partial charge in [-0.2, -0.15) is 0 Å². The predicted octanol–water partition coefficient (Wildman–Crippen LogP) is 1.72. The smallest absolute Gasteiger partial charge is 0.412 e. The van der Waals surface area contributed by atoms with Crippen LogP contribution in [0.3, 0.4) is 0 Å². The molecule has 0 radical (unpaired) electrons. The molecular weight excluding hydrogens is 256 g/mol. The highest BCUT2D eigenvalue weighted by molar-refractivity contribution is 5.88. The normalized spacial score (nSPS) is 6.42. The van der Waals surface area contributed by atoms with Crippen LogP contribution in [-0.4, -0.2) is 29.4 Å². The minimum absolute atomic E-state index is 0.750. The number of nitrogens with one attached hydrogen (secondary N) is 3. The van der Waals surface area contributed by atoms with E-state index < -0.39 is 12.1 Å². The lowest BCUT2D eigenvalue weighted by Gasteiger charge is -1.86. The van der Waals surface area contributed by atoms with Gasteiger partial charge in [-0.15, -0.1) is 0 Å². The number of carbonyl (C=O) groups excluding carboxylic acids is 3. The lowest BCUT2D eigenvalue weighted by Crippen LogP contribution is -2.33. The van der Waals surface area contributed by atoms with Crippen molar-refractivity contribution in [1.29, 1.82) is 10.8 Å². The number of isocyanates is 2. The second-order valence-corrected chi connectivity index (χ2v) is 2.71. The third-order valence-electron chi connectivity index (χ3n) is 1.19. The van der Waals surface area contributed by atoms with E-state index >= 15 is 0 Å². The molecule has 3 amide bonds. The van der Waals surface area contributed by atoms with Gasteiger partial charge < -0.3 is 10.8 Å². The number of unbranched alkanes of at least 4 members (excludes halogenated alkanes) is 3. The maximum absolute atomic E-state index is 9.54. The van der Waals surface area contributed by atoms with Crippen LogP contribution in [0.2, 0.25) is 0 Å². The molecule has 0 aromatic heterocycles. The summed E-state index contributed by atoms with van der Waals surface area (Å²) >= 11 is 0. The first kappa shape index (κ1) is 25.4. The Labute approximate surface area is 111 Å². The Bertz CT molecular complexity index is 254. The fraction of sp³-hybridized carbons (Fsp3) is 0.600. The first-order chi connectivity index (χ1) is 8.87. The van der Waals surface area contributed by atoms with E-state index in [0.29, 0.717) is 0 Å². The van der Waals surface area contributed by atoms with Crippen molar-refractivity contribution in [2.75, 3.05) is 0 Å². The molecule has 110 valence electrons. The molecular formula is C10H20N4O5. The van der Waals surface area contributed by atoms with Gasteiger partial charge in [0, 0.05) is 0 Å². The summed E-state index contributed by atoms with van der Waals surface area (Å²) in [7, 11) is 0. The summed E-state index contributed by atoms with van der Waals surface area (Å²) in [5, 5.41) is 19.8. The van der Waals surface area contributed by atoms with Crippen LogP contribution >= 0.6 is 0 Å². The quantitative estimate of drug-likeness (QED) is 0.299. The Morgan fingerprint density at radius 3 is 1.42 bits per heavy atom. The number of carboxylic acid groups (broad SMARTS) is 1. The molecule has 0 aliphatic carbocycles. The summed E-state index contributed by atoms with van der Waals surface area (Å²) in [6, 6.07) is -1.06. The Morgan fingerprint density at radius 1 is 1.11 bits per heavy atom. The van der Waals surface area contributed by atoms with Crippen LogP contribution in [-0.2, 0) is 9.59 Å². The fourth-order valence-electron chi connectivity index (χ4n) is 0.605. The van der Waals surface area contributed by atoms with Crippen molar-refractivity contribution in [1.82, 2.24) is 5.32 Å². The van der Waals surface area contributed by atoms with Gasteiger partial charge in [0.25, 0.3) is 0 Å². The highest BCUT2D eigenvalue weighted by Crippen LogP contribution is 1.95. The molecule has 6 N–H and O–H groups in total. The lowest BCUT2D eigenvalue weighted by atomic mass is 10.2. The second kappa shape index (κ2) is 29.6. The van der Waals surface area contributed by atoms with E-state index in [-0.39, 0.29) is 0 Å². The highest BCUT2D eigenvalue weighted by atomic mass is 16.4. The molecule has 0 aliphatic rings. The minimum atomic E-state index is -1.44. The summed E-state index contributed by atoms with van der Waals surface area (Å²) in [5.74, 6) is 0. The molecule has 0 saturated heterocycles. The van der Waals surface area contributed by atoms with Crippen molar-refractivity contribution >= 4 is 24.3 Å². The van der Waals surface area contributed by atoms with E-state index in [1.807, 2.05) is 0 Å². The topological polar surface area (TPSA) is 174 Å². The predicted molar refractivity (Wildman–Crippen MR) is 67.4 cm³/mol. The van der Waals surface area contributed by atoms with Crippen molar-refractivity contribution in [2.45, 2.75) is 39.5 Å². The van der Waals surface area contributed by atoms with Gasteiger partial charge in [-0.3, -0.25) is 0 Å². The van der Waals surface area contributed by atoms with Crippen LogP contribution in [0.25, 0.3) is 0 Å². The van der Waals surface area contributed by atoms with E-state index in [4.69, 9.17) is 25.5 Å². The third-order valence-corrected chi connectivity index (χ3v) is 1.19. The molecule has 0 heterocycles. The molecule has 0 saturated carbocycles. The maximum Gasteiger partial charge on any atom is 0.412 e. The van der Waals surface area contributed by atoms with Gasteiger partial charge in [0.1, 0.15) is 0 Å². The van der Waals surface area contributed by atoms with Crippen LogP contribution in [0.1, 0.15) is 39.5 Å². The van der Waals surface area contributed by atoms with Crippen LogP contribution in [0.4, 0.5) is 9.59 Å². The highest BCUT2D eigenvalue weighted by Gasteiger charge is 1.94. The number of primary amides is 1. The van der Waals surface area contributed by atoms with Crippen LogP contribution in [0, 0.1) is 10.8 Å². The number of hydrogen-bond donors (Lipinski definition) is 5. The molecule has 19 heavy (non-hydrogen) atoms. The van der Waals surface area contributed by atoms with Crippen LogP contribution in [0.15, 0.2) is 0 Å². The summed E-state index contributed by atoms with van der Waals surface area (Å²) < 4.78 is 0. The standard InChI is InChI=1S/C6H14.C2H4N2O3.2CHNO/c1-3-5-6-4-2;3-1(5)4-2(6)7;2*2-1-3/h3-6H2,1-2H3;(H,6,7)(H3,3,4,5);2*2H. The number of carbonyl (C=O) groups is 2. The lowest BCUT2D eigenvalue weighted by molar-refractivity contribution is 0.193. The summed E-state index contributed by atoms with van der Waals surface area (Å²) in [4.78, 5) is 35.6. The Kier molecular flexibility index (Phi) is 39.5. The average Bonchev–Trinajstić information content (AvgIpc) is 2.27. The van der Waals surface area contributed by atoms with Crippen LogP contribution < -0.4 is 11.1 Å². The Morgan fingerprint density at radius 2 is 1.37 bits per heavy atom. The number of imide groups is 1. The first-order valence-corrected chi connectivity index (χ1v) is 5.24. The van der Waals surface area contributed by atoms with E-state index in [0.717, 1.165) is 12.2 Å². The SMILES string of the molecule is CCCCCC.N=C=O.N=C=O.NC(=O)NC(=O)O. The largest absolute Gasteiger partial charge is 0.465 e. The van der Waals surface area contributed by atoms with E-state index in [9.17, 15) is 9.59 Å². The fourth-order valence-corrected chi connectivity index (χ4v) is 0.605.